The van der Waals surface area contributed by atoms with Gasteiger partial charge in [0.05, 0.1) is 0 Å². The first-order valence-electron chi connectivity index (χ1n) is 2.42. The molecule has 4 nitrogen and oxygen atoms in total. The van der Waals surface area contributed by atoms with Crippen LogP contribution in [-0.2, 0) is 7.05 Å². The van der Waals surface area contributed by atoms with Crippen molar-refractivity contribution in [3.05, 3.63) is 18.2 Å². The number of imidazole rings is 1. The van der Waals surface area contributed by atoms with Crippen LogP contribution in [-0.4, -0.2) is 20.6 Å². The number of carboxylic acid groups (broad SMARTS) is 1. The zero-order valence-electron chi connectivity index (χ0n) is 5.31. The van der Waals surface area contributed by atoms with E-state index in [0.717, 1.165) is 0 Å². The average molecular weight is 163 g/mol. The van der Waals surface area contributed by atoms with Crippen molar-refractivity contribution >= 4 is 18.4 Å². The summed E-state index contributed by atoms with van der Waals surface area (Å²) in [4.78, 5) is 13.8. The number of nitrogens with zero attached hydrogens (tertiary/aromatic N) is 2. The molecule has 0 aliphatic heterocycles. The highest BCUT2D eigenvalue weighted by atomic mass is 35.5. The molecule has 1 heterocycles. The molecule has 0 aliphatic rings. The number of carboxylic acids is 1. The highest BCUT2D eigenvalue weighted by molar-refractivity contribution is 5.85. The van der Waals surface area contributed by atoms with E-state index in [4.69, 9.17) is 5.11 Å². The van der Waals surface area contributed by atoms with Gasteiger partial charge in [-0.25, -0.2) is 9.78 Å². The first-order valence-corrected chi connectivity index (χ1v) is 2.42. The minimum Gasteiger partial charge on any atom is -0.475 e. The van der Waals surface area contributed by atoms with Crippen LogP contribution in [0.2, 0.25) is 0 Å². The van der Waals surface area contributed by atoms with E-state index in [1.54, 1.807) is 13.2 Å². The number of aromatic nitrogens is 2. The third kappa shape index (κ3) is 1.48. The summed E-state index contributed by atoms with van der Waals surface area (Å²) in [7, 11) is 1.64. The quantitative estimate of drug-likeness (QED) is 0.656. The van der Waals surface area contributed by atoms with Gasteiger partial charge in [-0.3, -0.25) is 0 Å². The molecule has 0 saturated heterocycles. The number of hydrogen-bond donors (Lipinski definition) is 1. The summed E-state index contributed by atoms with van der Waals surface area (Å²) in [6, 6.07) is 0. The summed E-state index contributed by atoms with van der Waals surface area (Å²) in [5.41, 5.74) is 0. The number of hydrogen-bond acceptors (Lipinski definition) is 2. The zero-order valence-corrected chi connectivity index (χ0v) is 6.13. The molecule has 10 heavy (non-hydrogen) atoms. The maximum Gasteiger partial charge on any atom is 0.372 e. The van der Waals surface area contributed by atoms with E-state index in [-0.39, 0.29) is 18.2 Å². The SMILES string of the molecule is Cl.Cn1ccnc1C(=O)O. The Hall–Kier alpha value is -1.03. The number of rotatable bonds is 1. The number of aromatic carboxylic acids is 1. The van der Waals surface area contributed by atoms with Crippen LogP contribution in [0, 0.1) is 0 Å². The second-order valence-electron chi connectivity index (χ2n) is 1.67. The fraction of sp³-hybridized carbons (Fsp3) is 0.200. The highest BCUT2D eigenvalue weighted by Crippen LogP contribution is 1.91. The van der Waals surface area contributed by atoms with Crippen molar-refractivity contribution < 1.29 is 9.90 Å². The first-order chi connectivity index (χ1) is 4.22. The molecule has 0 aliphatic carbocycles. The van der Waals surface area contributed by atoms with Crippen LogP contribution < -0.4 is 0 Å². The Morgan fingerprint density at radius 3 is 2.60 bits per heavy atom. The van der Waals surface area contributed by atoms with Crippen molar-refractivity contribution in [2.75, 3.05) is 0 Å². The molecule has 0 spiro atoms. The maximum absolute atomic E-state index is 10.2. The third-order valence-corrected chi connectivity index (χ3v) is 1.01. The molecule has 0 unspecified atom stereocenters. The van der Waals surface area contributed by atoms with Crippen molar-refractivity contribution in [2.24, 2.45) is 7.05 Å². The van der Waals surface area contributed by atoms with Crippen molar-refractivity contribution in [2.45, 2.75) is 0 Å². The van der Waals surface area contributed by atoms with Crippen molar-refractivity contribution in [3.63, 3.8) is 0 Å². The fourth-order valence-electron chi connectivity index (χ4n) is 0.572. The number of carbonyl (C=O) groups is 1. The van der Waals surface area contributed by atoms with Gasteiger partial charge in [-0.05, 0) is 0 Å². The normalized spacial score (nSPS) is 8.50. The molecular weight excluding hydrogens is 156 g/mol. The van der Waals surface area contributed by atoms with Gasteiger partial charge in [0.25, 0.3) is 0 Å². The minimum absolute atomic E-state index is 0. The van der Waals surface area contributed by atoms with Gasteiger partial charge >= 0.3 is 5.97 Å². The molecule has 1 N–H and O–H groups in total. The standard InChI is InChI=1S/C5H6N2O2.ClH/c1-7-3-2-6-4(7)5(8)9;/h2-3H,1H3,(H,8,9);1H. The van der Waals surface area contributed by atoms with Crippen LogP contribution in [0.15, 0.2) is 12.4 Å². The Kier molecular flexibility index (Phi) is 2.89. The van der Waals surface area contributed by atoms with Crippen LogP contribution in [0.5, 0.6) is 0 Å². The lowest BCUT2D eigenvalue weighted by Gasteiger charge is -1.90. The van der Waals surface area contributed by atoms with Gasteiger partial charge in [-0.15, -0.1) is 12.4 Å². The van der Waals surface area contributed by atoms with E-state index in [0.29, 0.717) is 0 Å². The molecule has 0 amide bonds. The molecule has 0 saturated carbocycles. The summed E-state index contributed by atoms with van der Waals surface area (Å²) in [5.74, 6) is -0.933. The lowest BCUT2D eigenvalue weighted by atomic mass is 10.6. The summed E-state index contributed by atoms with van der Waals surface area (Å²) < 4.78 is 1.45. The molecule has 56 valence electrons. The smallest absolute Gasteiger partial charge is 0.372 e. The van der Waals surface area contributed by atoms with E-state index in [1.807, 2.05) is 0 Å². The van der Waals surface area contributed by atoms with Crippen LogP contribution in [0.3, 0.4) is 0 Å². The van der Waals surface area contributed by atoms with E-state index < -0.39 is 5.97 Å². The predicted molar refractivity (Wildman–Crippen MR) is 37.4 cm³/mol. The maximum atomic E-state index is 10.2. The third-order valence-electron chi connectivity index (χ3n) is 1.01. The highest BCUT2D eigenvalue weighted by Gasteiger charge is 2.05. The van der Waals surface area contributed by atoms with Crippen molar-refractivity contribution in [1.29, 1.82) is 0 Å². The molecule has 5 heteroatoms. The number of aryl methyl sites for hydroxylation is 1. The summed E-state index contributed by atoms with van der Waals surface area (Å²) >= 11 is 0. The second-order valence-corrected chi connectivity index (χ2v) is 1.67. The van der Waals surface area contributed by atoms with Gasteiger partial charge in [0, 0.05) is 19.4 Å². The van der Waals surface area contributed by atoms with E-state index in [1.165, 1.54) is 10.8 Å². The minimum atomic E-state index is -0.998. The Morgan fingerprint density at radius 1 is 1.80 bits per heavy atom. The monoisotopic (exact) mass is 162 g/mol. The van der Waals surface area contributed by atoms with E-state index in [2.05, 4.69) is 4.98 Å². The molecule has 0 aromatic carbocycles. The van der Waals surface area contributed by atoms with Crippen LogP contribution in [0.25, 0.3) is 0 Å². The Balaban J connectivity index is 0.000000810. The number of halogens is 1. The fourth-order valence-corrected chi connectivity index (χ4v) is 0.572. The Labute approximate surface area is 63.9 Å². The van der Waals surface area contributed by atoms with Gasteiger partial charge in [-0.1, -0.05) is 0 Å². The van der Waals surface area contributed by atoms with Gasteiger partial charge < -0.3 is 9.67 Å². The lowest BCUT2D eigenvalue weighted by Crippen LogP contribution is -2.04. The van der Waals surface area contributed by atoms with Gasteiger partial charge in [0.15, 0.2) is 0 Å². The van der Waals surface area contributed by atoms with Crippen LogP contribution in [0.1, 0.15) is 10.6 Å². The molecule has 0 radical (unpaired) electrons. The Bertz CT molecular complexity index is 233. The summed E-state index contributed by atoms with van der Waals surface area (Å²) in [6.07, 6.45) is 3.03. The lowest BCUT2D eigenvalue weighted by molar-refractivity contribution is 0.0680. The summed E-state index contributed by atoms with van der Waals surface area (Å²) in [5, 5.41) is 8.37. The average Bonchev–Trinajstić information content (AvgIpc) is 2.13. The van der Waals surface area contributed by atoms with E-state index >= 15 is 0 Å². The van der Waals surface area contributed by atoms with Gasteiger partial charge in [-0.2, -0.15) is 0 Å². The van der Waals surface area contributed by atoms with Crippen LogP contribution in [0.4, 0.5) is 0 Å². The van der Waals surface area contributed by atoms with E-state index in [9.17, 15) is 4.79 Å². The molecular formula is C5H7ClN2O2. The molecule has 0 atom stereocenters. The zero-order chi connectivity index (χ0) is 6.85. The summed E-state index contributed by atoms with van der Waals surface area (Å²) in [6.45, 7) is 0. The van der Waals surface area contributed by atoms with Gasteiger partial charge in [0.1, 0.15) is 0 Å². The predicted octanol–water partition coefficient (Wildman–Crippen LogP) is 0.540. The molecule has 0 bridgehead atoms. The second kappa shape index (κ2) is 3.22. The van der Waals surface area contributed by atoms with Crippen molar-refractivity contribution in [3.8, 4) is 0 Å². The molecule has 1 rings (SSSR count). The van der Waals surface area contributed by atoms with Crippen molar-refractivity contribution in [1.82, 2.24) is 9.55 Å². The largest absolute Gasteiger partial charge is 0.475 e. The topological polar surface area (TPSA) is 55.1 Å². The van der Waals surface area contributed by atoms with Gasteiger partial charge in [0.2, 0.25) is 5.82 Å². The Morgan fingerprint density at radius 2 is 2.40 bits per heavy atom. The van der Waals surface area contributed by atoms with Crippen LogP contribution >= 0.6 is 12.4 Å². The molecule has 1 aromatic heterocycles. The molecule has 1 aromatic rings. The molecule has 0 fully saturated rings. The first kappa shape index (κ1) is 8.97.